The highest BCUT2D eigenvalue weighted by atomic mass is 35.5. The molecule has 0 aliphatic carbocycles. The Kier molecular flexibility index (Phi) is 6.56. The zero-order valence-electron chi connectivity index (χ0n) is 13.9. The molecule has 26 heavy (non-hydrogen) atoms. The second-order valence-electron chi connectivity index (χ2n) is 5.39. The topological polar surface area (TPSA) is 96.5 Å². The van der Waals surface area contributed by atoms with E-state index in [0.29, 0.717) is 29.6 Å². The SMILES string of the molecule is O=c1nc(NCCSCc2ncccc2Cl)[nH]nc1Cc1cccnc1. The van der Waals surface area contributed by atoms with Crippen molar-refractivity contribution in [1.82, 2.24) is 25.1 Å². The fourth-order valence-electron chi connectivity index (χ4n) is 2.18. The molecule has 0 radical (unpaired) electrons. The second-order valence-corrected chi connectivity index (χ2v) is 6.90. The molecule has 3 heterocycles. The van der Waals surface area contributed by atoms with Gasteiger partial charge in [-0.2, -0.15) is 21.8 Å². The van der Waals surface area contributed by atoms with Crippen LogP contribution in [0, 0.1) is 0 Å². The third kappa shape index (κ3) is 5.27. The fourth-order valence-corrected chi connectivity index (χ4v) is 3.27. The minimum atomic E-state index is -0.344. The molecule has 3 rings (SSSR count). The summed E-state index contributed by atoms with van der Waals surface area (Å²) >= 11 is 7.76. The lowest BCUT2D eigenvalue weighted by atomic mass is 10.2. The van der Waals surface area contributed by atoms with E-state index in [0.717, 1.165) is 22.8 Å². The summed E-state index contributed by atoms with van der Waals surface area (Å²) < 4.78 is 0. The molecule has 0 bridgehead atoms. The van der Waals surface area contributed by atoms with Gasteiger partial charge in [0, 0.05) is 43.1 Å². The van der Waals surface area contributed by atoms with Crippen LogP contribution in [0.1, 0.15) is 17.0 Å². The summed E-state index contributed by atoms with van der Waals surface area (Å²) in [6.07, 6.45) is 5.52. The van der Waals surface area contributed by atoms with Crippen LogP contribution in [0.15, 0.2) is 47.7 Å². The predicted molar refractivity (Wildman–Crippen MR) is 104 cm³/mol. The first-order chi connectivity index (χ1) is 12.7. The third-order valence-corrected chi connectivity index (χ3v) is 4.78. The van der Waals surface area contributed by atoms with Gasteiger partial charge in [0.15, 0.2) is 0 Å². The summed E-state index contributed by atoms with van der Waals surface area (Å²) in [5.41, 5.74) is 1.80. The molecule has 0 atom stereocenters. The van der Waals surface area contributed by atoms with Crippen molar-refractivity contribution in [2.45, 2.75) is 12.2 Å². The van der Waals surface area contributed by atoms with Gasteiger partial charge in [-0.25, -0.2) is 5.10 Å². The molecule has 0 fully saturated rings. The lowest BCUT2D eigenvalue weighted by Crippen LogP contribution is -2.20. The summed E-state index contributed by atoms with van der Waals surface area (Å²) in [4.78, 5) is 24.3. The molecule has 3 aromatic heterocycles. The highest BCUT2D eigenvalue weighted by Crippen LogP contribution is 2.18. The van der Waals surface area contributed by atoms with E-state index < -0.39 is 0 Å². The molecule has 0 spiro atoms. The van der Waals surface area contributed by atoms with E-state index >= 15 is 0 Å². The van der Waals surface area contributed by atoms with Crippen molar-refractivity contribution >= 4 is 29.3 Å². The Labute approximate surface area is 159 Å². The average Bonchev–Trinajstić information content (AvgIpc) is 2.66. The van der Waals surface area contributed by atoms with Gasteiger partial charge in [-0.3, -0.25) is 14.8 Å². The first-order valence-electron chi connectivity index (χ1n) is 7.98. The molecule has 0 amide bonds. The Hall–Kier alpha value is -2.45. The maximum atomic E-state index is 12.1. The van der Waals surface area contributed by atoms with Crippen LogP contribution in [0.5, 0.6) is 0 Å². The number of aromatic amines is 1. The number of nitrogens with zero attached hydrogens (tertiary/aromatic N) is 4. The summed E-state index contributed by atoms with van der Waals surface area (Å²) in [5.74, 6) is 1.91. The fraction of sp³-hybridized carbons (Fsp3) is 0.235. The third-order valence-electron chi connectivity index (χ3n) is 3.46. The maximum Gasteiger partial charge on any atom is 0.296 e. The number of H-pyrrole nitrogens is 1. The Morgan fingerprint density at radius 2 is 2.08 bits per heavy atom. The Morgan fingerprint density at radius 1 is 1.19 bits per heavy atom. The molecule has 0 aromatic carbocycles. The number of halogens is 1. The molecule has 9 heteroatoms. The van der Waals surface area contributed by atoms with E-state index in [4.69, 9.17) is 11.6 Å². The van der Waals surface area contributed by atoms with Gasteiger partial charge in [-0.1, -0.05) is 17.7 Å². The van der Waals surface area contributed by atoms with E-state index in [-0.39, 0.29) is 5.56 Å². The van der Waals surface area contributed by atoms with Crippen LogP contribution >= 0.6 is 23.4 Å². The number of thioether (sulfide) groups is 1. The van der Waals surface area contributed by atoms with Crippen LogP contribution in [0.25, 0.3) is 0 Å². The van der Waals surface area contributed by atoms with Gasteiger partial charge in [0.2, 0.25) is 5.95 Å². The summed E-state index contributed by atoms with van der Waals surface area (Å²) in [6.45, 7) is 0.641. The van der Waals surface area contributed by atoms with Crippen LogP contribution in [0.3, 0.4) is 0 Å². The van der Waals surface area contributed by atoms with Crippen molar-refractivity contribution in [2.24, 2.45) is 0 Å². The van der Waals surface area contributed by atoms with Crippen LogP contribution in [-0.2, 0) is 12.2 Å². The first-order valence-corrected chi connectivity index (χ1v) is 9.51. The standard InChI is InChI=1S/C17H17ClN6OS/c18-13-4-2-6-20-15(13)11-26-8-7-21-17-22-16(25)14(23-24-17)9-12-3-1-5-19-10-12/h1-6,10H,7-9,11H2,(H2,21,22,24,25). The average molecular weight is 389 g/mol. The minimum Gasteiger partial charge on any atom is -0.354 e. The van der Waals surface area contributed by atoms with E-state index in [1.807, 2.05) is 24.3 Å². The molecular formula is C17H17ClN6OS. The monoisotopic (exact) mass is 388 g/mol. The molecule has 0 saturated carbocycles. The van der Waals surface area contributed by atoms with Crippen molar-refractivity contribution < 1.29 is 0 Å². The van der Waals surface area contributed by atoms with Crippen molar-refractivity contribution in [2.75, 3.05) is 17.6 Å². The van der Waals surface area contributed by atoms with Gasteiger partial charge in [0.1, 0.15) is 5.69 Å². The number of hydrogen-bond acceptors (Lipinski definition) is 7. The molecule has 134 valence electrons. The molecule has 7 nitrogen and oxygen atoms in total. The van der Waals surface area contributed by atoms with Crippen molar-refractivity contribution in [1.29, 1.82) is 0 Å². The highest BCUT2D eigenvalue weighted by molar-refractivity contribution is 7.98. The van der Waals surface area contributed by atoms with Crippen molar-refractivity contribution in [3.8, 4) is 0 Å². The number of rotatable bonds is 8. The second kappa shape index (κ2) is 9.30. The van der Waals surface area contributed by atoms with Crippen LogP contribution in [-0.4, -0.2) is 37.4 Å². The van der Waals surface area contributed by atoms with E-state index in [2.05, 4.69) is 30.5 Å². The Balaban J connectivity index is 1.46. The Morgan fingerprint density at radius 3 is 2.85 bits per heavy atom. The van der Waals surface area contributed by atoms with Gasteiger partial charge in [0.25, 0.3) is 5.56 Å². The molecule has 0 saturated heterocycles. The van der Waals surface area contributed by atoms with E-state index in [1.54, 1.807) is 30.4 Å². The van der Waals surface area contributed by atoms with Crippen LogP contribution < -0.4 is 10.9 Å². The lowest BCUT2D eigenvalue weighted by Gasteiger charge is -2.06. The van der Waals surface area contributed by atoms with E-state index in [9.17, 15) is 4.79 Å². The maximum absolute atomic E-state index is 12.1. The minimum absolute atomic E-state index is 0.344. The normalized spacial score (nSPS) is 10.7. The first kappa shape index (κ1) is 18.3. The highest BCUT2D eigenvalue weighted by Gasteiger charge is 2.06. The van der Waals surface area contributed by atoms with Crippen molar-refractivity contribution in [3.05, 3.63) is 75.2 Å². The number of nitrogens with one attached hydrogen (secondary N) is 2. The van der Waals surface area contributed by atoms with Crippen LogP contribution in [0.2, 0.25) is 5.02 Å². The summed E-state index contributed by atoms with van der Waals surface area (Å²) in [7, 11) is 0. The molecular weight excluding hydrogens is 372 g/mol. The van der Waals surface area contributed by atoms with Crippen molar-refractivity contribution in [3.63, 3.8) is 0 Å². The smallest absolute Gasteiger partial charge is 0.296 e. The van der Waals surface area contributed by atoms with Gasteiger partial charge in [0.05, 0.1) is 10.7 Å². The zero-order valence-corrected chi connectivity index (χ0v) is 15.4. The molecule has 2 N–H and O–H groups in total. The van der Waals surface area contributed by atoms with Gasteiger partial charge in [-0.05, 0) is 23.8 Å². The number of pyridine rings is 2. The molecule has 0 aliphatic rings. The number of hydrogen-bond donors (Lipinski definition) is 2. The number of anilines is 1. The number of aromatic nitrogens is 5. The van der Waals surface area contributed by atoms with Gasteiger partial charge >= 0.3 is 0 Å². The molecule has 0 unspecified atom stereocenters. The van der Waals surface area contributed by atoms with Crippen LogP contribution in [0.4, 0.5) is 5.95 Å². The zero-order chi connectivity index (χ0) is 18.2. The summed E-state index contributed by atoms with van der Waals surface area (Å²) in [6, 6.07) is 7.36. The summed E-state index contributed by atoms with van der Waals surface area (Å²) in [5, 5.41) is 10.6. The molecule has 3 aromatic rings. The lowest BCUT2D eigenvalue weighted by molar-refractivity contribution is 0.862. The largest absolute Gasteiger partial charge is 0.354 e. The predicted octanol–water partition coefficient (Wildman–Crippen LogP) is 2.54. The van der Waals surface area contributed by atoms with E-state index in [1.165, 1.54) is 0 Å². The quantitative estimate of drug-likeness (QED) is 0.572. The molecule has 0 aliphatic heterocycles. The Bertz CT molecular complexity index is 905. The van der Waals surface area contributed by atoms with Gasteiger partial charge < -0.3 is 5.32 Å². The van der Waals surface area contributed by atoms with Gasteiger partial charge in [-0.15, -0.1) is 0 Å².